The fraction of sp³-hybridized carbons (Fsp3) is 0.417. The summed E-state index contributed by atoms with van der Waals surface area (Å²) in [5.74, 6) is -0.685. The van der Waals surface area contributed by atoms with Crippen molar-refractivity contribution in [1.29, 1.82) is 0 Å². The Labute approximate surface area is 195 Å². The largest absolute Gasteiger partial charge is 0.495 e. The van der Waals surface area contributed by atoms with E-state index in [-0.39, 0.29) is 35.4 Å². The van der Waals surface area contributed by atoms with Crippen molar-refractivity contribution in [2.24, 2.45) is 5.92 Å². The van der Waals surface area contributed by atoms with Gasteiger partial charge in [0.1, 0.15) is 5.75 Å². The highest BCUT2D eigenvalue weighted by atomic mass is 32.2. The van der Waals surface area contributed by atoms with E-state index in [4.69, 9.17) is 4.74 Å². The molecule has 1 aliphatic heterocycles. The molecule has 0 radical (unpaired) electrons. The molecule has 2 aromatic rings. The molecule has 0 saturated carbocycles. The fourth-order valence-electron chi connectivity index (χ4n) is 3.97. The lowest BCUT2D eigenvalue weighted by Gasteiger charge is -2.20. The second kappa shape index (κ2) is 10.4. The average molecular weight is 474 g/mol. The van der Waals surface area contributed by atoms with Crippen LogP contribution in [0.25, 0.3) is 0 Å². The third-order valence-corrected chi connectivity index (χ3v) is 7.94. The minimum absolute atomic E-state index is 0.0720. The summed E-state index contributed by atoms with van der Waals surface area (Å²) in [6.45, 7) is 6.52. The first-order valence-corrected chi connectivity index (χ1v) is 12.6. The van der Waals surface area contributed by atoms with Crippen LogP contribution in [0.2, 0.25) is 0 Å². The Hall–Kier alpha value is -2.91. The lowest BCUT2D eigenvalue weighted by atomic mass is 10.1. The van der Waals surface area contributed by atoms with E-state index >= 15 is 0 Å². The molecule has 1 heterocycles. The summed E-state index contributed by atoms with van der Waals surface area (Å²) in [7, 11) is -2.25. The lowest BCUT2D eigenvalue weighted by Crippen LogP contribution is -2.31. The summed E-state index contributed by atoms with van der Waals surface area (Å²) < 4.78 is 32.5. The van der Waals surface area contributed by atoms with Gasteiger partial charge in [0.15, 0.2) is 0 Å². The molecule has 1 N–H and O–H groups in total. The van der Waals surface area contributed by atoms with Gasteiger partial charge in [-0.25, -0.2) is 8.42 Å². The number of nitrogens with one attached hydrogen (secondary N) is 1. The Balaban J connectivity index is 1.81. The van der Waals surface area contributed by atoms with E-state index < -0.39 is 15.9 Å². The Morgan fingerprint density at radius 3 is 2.52 bits per heavy atom. The minimum Gasteiger partial charge on any atom is -0.495 e. The fourth-order valence-corrected chi connectivity index (χ4v) is 5.45. The highest BCUT2D eigenvalue weighted by Crippen LogP contribution is 2.31. The third-order valence-electron chi connectivity index (χ3n) is 5.90. The van der Waals surface area contributed by atoms with Crippen LogP contribution in [0.3, 0.4) is 0 Å². The number of carbonyl (C=O) groups is 2. The number of benzene rings is 2. The van der Waals surface area contributed by atoms with Crippen molar-refractivity contribution in [1.82, 2.24) is 4.31 Å². The first-order valence-electron chi connectivity index (χ1n) is 11.1. The maximum absolute atomic E-state index is 13.0. The number of sulfonamides is 1. The number of rotatable bonds is 9. The van der Waals surface area contributed by atoms with Gasteiger partial charge in [-0.3, -0.25) is 9.59 Å². The molecule has 1 aliphatic rings. The number of hydrogen-bond donors (Lipinski definition) is 1. The van der Waals surface area contributed by atoms with Gasteiger partial charge in [0.2, 0.25) is 21.8 Å². The quantitative estimate of drug-likeness (QED) is 0.603. The van der Waals surface area contributed by atoms with Crippen LogP contribution in [0.1, 0.15) is 32.8 Å². The Morgan fingerprint density at radius 2 is 1.88 bits per heavy atom. The zero-order chi connectivity index (χ0) is 24.2. The molecule has 0 bridgehead atoms. The molecule has 0 aliphatic carbocycles. The van der Waals surface area contributed by atoms with Crippen LogP contribution in [-0.4, -0.2) is 51.3 Å². The van der Waals surface area contributed by atoms with Gasteiger partial charge >= 0.3 is 0 Å². The summed E-state index contributed by atoms with van der Waals surface area (Å²) in [4.78, 5) is 27.4. The number of nitrogens with zero attached hydrogens (tertiary/aromatic N) is 2. The Morgan fingerprint density at radius 1 is 1.15 bits per heavy atom. The van der Waals surface area contributed by atoms with Crippen molar-refractivity contribution in [3.8, 4) is 5.75 Å². The zero-order valence-electron chi connectivity index (χ0n) is 19.5. The molecule has 1 saturated heterocycles. The minimum atomic E-state index is -3.70. The third kappa shape index (κ3) is 5.20. The Kier molecular flexibility index (Phi) is 7.76. The van der Waals surface area contributed by atoms with Gasteiger partial charge in [-0.05, 0) is 42.3 Å². The van der Waals surface area contributed by atoms with Crippen LogP contribution in [-0.2, 0) is 26.0 Å². The first kappa shape index (κ1) is 24.7. The topological polar surface area (TPSA) is 96.0 Å². The highest BCUT2D eigenvalue weighted by molar-refractivity contribution is 7.89. The monoisotopic (exact) mass is 473 g/mol. The smallest absolute Gasteiger partial charge is 0.243 e. The maximum atomic E-state index is 13.0. The normalized spacial score (nSPS) is 16.3. The molecule has 0 spiro atoms. The molecule has 0 unspecified atom stereocenters. The summed E-state index contributed by atoms with van der Waals surface area (Å²) in [6, 6.07) is 12.1. The molecule has 8 nitrogen and oxygen atoms in total. The molecule has 0 aromatic heterocycles. The van der Waals surface area contributed by atoms with E-state index in [1.165, 1.54) is 29.6 Å². The van der Waals surface area contributed by atoms with Crippen LogP contribution in [0, 0.1) is 5.92 Å². The van der Waals surface area contributed by atoms with Crippen molar-refractivity contribution >= 4 is 33.2 Å². The van der Waals surface area contributed by atoms with Gasteiger partial charge in [-0.2, -0.15) is 4.31 Å². The van der Waals surface area contributed by atoms with Gasteiger partial charge in [0.05, 0.1) is 23.6 Å². The number of hydrogen-bond acceptors (Lipinski definition) is 5. The summed E-state index contributed by atoms with van der Waals surface area (Å²) in [5.41, 5.74) is 2.15. The Bertz CT molecular complexity index is 1130. The molecule has 2 aromatic carbocycles. The lowest BCUT2D eigenvalue weighted by molar-refractivity contribution is -0.122. The van der Waals surface area contributed by atoms with Gasteiger partial charge in [-0.1, -0.05) is 32.9 Å². The first-order chi connectivity index (χ1) is 15.7. The number of aryl methyl sites for hydroxylation is 1. The SMILES string of the molecule is CCc1cccc(N2C[C@@H](C(=O)Nc3cc(S(=O)(=O)N(CC)CC)ccc3OC)CC2=O)c1. The van der Waals surface area contributed by atoms with Crippen molar-refractivity contribution in [3.05, 3.63) is 48.0 Å². The number of carbonyl (C=O) groups excluding carboxylic acids is 2. The standard InChI is InChI=1S/C24H31N3O5S/c1-5-17-9-8-10-19(13-17)27-16-18(14-23(27)28)24(29)25-21-15-20(11-12-22(21)32-4)33(30,31)26(6-2)7-3/h8-13,15,18H,5-7,14,16H2,1-4H3,(H,25,29)/t18-/m0/s1. The predicted octanol–water partition coefficient (Wildman–Crippen LogP) is 3.28. The van der Waals surface area contributed by atoms with Gasteiger partial charge in [0, 0.05) is 31.7 Å². The average Bonchev–Trinajstić information content (AvgIpc) is 3.21. The van der Waals surface area contributed by atoms with Crippen molar-refractivity contribution in [2.75, 3.05) is 37.0 Å². The number of ether oxygens (including phenoxy) is 1. The second-order valence-electron chi connectivity index (χ2n) is 7.87. The molecular formula is C24H31N3O5S. The van der Waals surface area contributed by atoms with E-state index in [1.54, 1.807) is 18.7 Å². The molecule has 9 heteroatoms. The van der Waals surface area contributed by atoms with Gasteiger partial charge in [0.25, 0.3) is 0 Å². The van der Waals surface area contributed by atoms with E-state index in [0.29, 0.717) is 18.8 Å². The molecule has 178 valence electrons. The molecule has 1 atom stereocenters. The zero-order valence-corrected chi connectivity index (χ0v) is 20.3. The van der Waals surface area contributed by atoms with Crippen LogP contribution in [0.15, 0.2) is 47.4 Å². The highest BCUT2D eigenvalue weighted by Gasteiger charge is 2.35. The van der Waals surface area contributed by atoms with Gasteiger partial charge in [-0.15, -0.1) is 0 Å². The number of amides is 2. The van der Waals surface area contributed by atoms with Crippen LogP contribution < -0.4 is 15.0 Å². The summed E-state index contributed by atoms with van der Waals surface area (Å²) in [5, 5.41) is 2.78. The van der Waals surface area contributed by atoms with Crippen LogP contribution in [0.4, 0.5) is 11.4 Å². The molecule has 33 heavy (non-hydrogen) atoms. The van der Waals surface area contributed by atoms with Crippen molar-refractivity contribution in [2.45, 2.75) is 38.5 Å². The molecule has 2 amide bonds. The van der Waals surface area contributed by atoms with Gasteiger partial charge < -0.3 is 15.0 Å². The van der Waals surface area contributed by atoms with E-state index in [2.05, 4.69) is 5.32 Å². The molecule has 3 rings (SSSR count). The predicted molar refractivity (Wildman–Crippen MR) is 128 cm³/mol. The number of methoxy groups -OCH3 is 1. The number of anilines is 2. The van der Waals surface area contributed by atoms with E-state index in [9.17, 15) is 18.0 Å². The summed E-state index contributed by atoms with van der Waals surface area (Å²) >= 11 is 0. The van der Waals surface area contributed by atoms with Crippen LogP contribution >= 0.6 is 0 Å². The second-order valence-corrected chi connectivity index (χ2v) is 9.81. The summed E-state index contributed by atoms with van der Waals surface area (Å²) in [6.07, 6.45) is 0.939. The molecule has 1 fully saturated rings. The van der Waals surface area contributed by atoms with Crippen LogP contribution in [0.5, 0.6) is 5.75 Å². The maximum Gasteiger partial charge on any atom is 0.243 e. The van der Waals surface area contributed by atoms with E-state index in [0.717, 1.165) is 17.7 Å². The molecular weight excluding hydrogens is 442 g/mol. The van der Waals surface area contributed by atoms with Crippen molar-refractivity contribution in [3.63, 3.8) is 0 Å². The van der Waals surface area contributed by atoms with Crippen molar-refractivity contribution < 1.29 is 22.7 Å². The van der Waals surface area contributed by atoms with E-state index in [1.807, 2.05) is 31.2 Å².